The maximum atomic E-state index is 9.09. The van der Waals surface area contributed by atoms with Gasteiger partial charge in [-0.25, -0.2) is 0 Å². The van der Waals surface area contributed by atoms with Gasteiger partial charge in [0.05, 0.1) is 6.10 Å². The van der Waals surface area contributed by atoms with Crippen molar-refractivity contribution in [1.29, 1.82) is 0 Å². The topological polar surface area (TPSA) is 20.2 Å². The Labute approximate surface area is 57.1 Å². The van der Waals surface area contributed by atoms with Crippen LogP contribution in [0.3, 0.4) is 0 Å². The highest BCUT2D eigenvalue weighted by Gasteiger charge is 2.25. The summed E-state index contributed by atoms with van der Waals surface area (Å²) in [7, 11) is 0. The van der Waals surface area contributed by atoms with Crippen LogP contribution in [-0.4, -0.2) is 11.2 Å². The second-order valence-corrected chi connectivity index (χ2v) is 3.71. The molecule has 9 heavy (non-hydrogen) atoms. The molecule has 1 aliphatic rings. The first-order chi connectivity index (χ1) is 4.10. The highest BCUT2D eigenvalue weighted by atomic mass is 16.3. The Morgan fingerprint density at radius 2 is 2.22 bits per heavy atom. The van der Waals surface area contributed by atoms with Crippen LogP contribution in [0.1, 0.15) is 33.1 Å². The Balaban J connectivity index is 2.35. The van der Waals surface area contributed by atoms with Gasteiger partial charge in [0.2, 0.25) is 0 Å². The quantitative estimate of drug-likeness (QED) is 0.525. The first-order valence-electron chi connectivity index (χ1n) is 3.62. The molecule has 0 amide bonds. The smallest absolute Gasteiger partial charge is 0.0572 e. The van der Waals surface area contributed by atoms with Crippen molar-refractivity contribution in [3.63, 3.8) is 0 Å². The Morgan fingerprint density at radius 3 is 2.56 bits per heavy atom. The summed E-state index contributed by atoms with van der Waals surface area (Å²) in [6, 6.07) is 0. The van der Waals surface area contributed by atoms with E-state index >= 15 is 0 Å². The van der Waals surface area contributed by atoms with E-state index < -0.39 is 0 Å². The van der Waals surface area contributed by atoms with Crippen molar-refractivity contribution in [2.75, 3.05) is 0 Å². The van der Waals surface area contributed by atoms with Crippen LogP contribution in [0, 0.1) is 11.8 Å². The zero-order valence-corrected chi connectivity index (χ0v) is 6.22. The molecular formula is C8H15O. The lowest BCUT2D eigenvalue weighted by Gasteiger charge is -2.31. The van der Waals surface area contributed by atoms with E-state index in [1.807, 2.05) is 6.42 Å². The lowest BCUT2D eigenvalue weighted by atomic mass is 9.76. The minimum atomic E-state index is -0.127. The van der Waals surface area contributed by atoms with E-state index in [9.17, 15) is 0 Å². The highest BCUT2D eigenvalue weighted by molar-refractivity contribution is 4.89. The summed E-state index contributed by atoms with van der Waals surface area (Å²) in [4.78, 5) is 0. The van der Waals surface area contributed by atoms with Gasteiger partial charge in [0.25, 0.3) is 0 Å². The summed E-state index contributed by atoms with van der Waals surface area (Å²) in [6.45, 7) is 4.49. The van der Waals surface area contributed by atoms with Crippen LogP contribution >= 0.6 is 0 Å². The SMILES string of the molecule is CC1(C)C[CH]C(O)CC1. The molecule has 1 radical (unpaired) electrons. The van der Waals surface area contributed by atoms with Crippen LogP contribution in [0.5, 0.6) is 0 Å². The number of aliphatic hydroxyl groups excluding tert-OH is 1. The molecule has 1 aliphatic carbocycles. The molecule has 1 nitrogen and oxygen atoms in total. The van der Waals surface area contributed by atoms with E-state index in [-0.39, 0.29) is 6.10 Å². The molecule has 53 valence electrons. The number of hydrogen-bond donors (Lipinski definition) is 1. The van der Waals surface area contributed by atoms with Crippen LogP contribution < -0.4 is 0 Å². The van der Waals surface area contributed by atoms with Gasteiger partial charge in [-0.1, -0.05) is 13.8 Å². The fraction of sp³-hybridized carbons (Fsp3) is 0.875. The molecule has 1 N–H and O–H groups in total. The van der Waals surface area contributed by atoms with Crippen LogP contribution in [-0.2, 0) is 0 Å². The lowest BCUT2D eigenvalue weighted by Crippen LogP contribution is -2.24. The van der Waals surface area contributed by atoms with Crippen molar-refractivity contribution < 1.29 is 5.11 Å². The van der Waals surface area contributed by atoms with E-state index in [2.05, 4.69) is 13.8 Å². The van der Waals surface area contributed by atoms with Gasteiger partial charge in [0.15, 0.2) is 0 Å². The van der Waals surface area contributed by atoms with Crippen LogP contribution in [0.4, 0.5) is 0 Å². The molecule has 0 heterocycles. The Kier molecular flexibility index (Phi) is 1.80. The van der Waals surface area contributed by atoms with E-state index in [1.165, 1.54) is 0 Å². The fourth-order valence-corrected chi connectivity index (χ4v) is 1.21. The van der Waals surface area contributed by atoms with Gasteiger partial charge in [0, 0.05) is 0 Å². The molecule has 0 aromatic carbocycles. The molecule has 1 rings (SSSR count). The lowest BCUT2D eigenvalue weighted by molar-refractivity contribution is 0.126. The second kappa shape index (κ2) is 2.30. The molecule has 0 aromatic heterocycles. The Bertz CT molecular complexity index is 86.7. The Morgan fingerprint density at radius 1 is 1.56 bits per heavy atom. The predicted molar refractivity (Wildman–Crippen MR) is 37.9 cm³/mol. The summed E-state index contributed by atoms with van der Waals surface area (Å²) in [6.07, 6.45) is 5.06. The summed E-state index contributed by atoms with van der Waals surface area (Å²) in [5.74, 6) is 0. The Hall–Kier alpha value is -0.0400. The van der Waals surface area contributed by atoms with Crippen LogP contribution in [0.25, 0.3) is 0 Å². The molecular weight excluding hydrogens is 112 g/mol. The molecule has 1 atom stereocenters. The van der Waals surface area contributed by atoms with Crippen molar-refractivity contribution in [3.05, 3.63) is 6.42 Å². The van der Waals surface area contributed by atoms with Crippen molar-refractivity contribution >= 4 is 0 Å². The fourth-order valence-electron chi connectivity index (χ4n) is 1.21. The van der Waals surface area contributed by atoms with Crippen molar-refractivity contribution in [3.8, 4) is 0 Å². The molecule has 1 fully saturated rings. The summed E-state index contributed by atoms with van der Waals surface area (Å²) < 4.78 is 0. The monoisotopic (exact) mass is 127 g/mol. The van der Waals surface area contributed by atoms with Gasteiger partial charge in [-0.05, 0) is 31.1 Å². The van der Waals surface area contributed by atoms with Crippen molar-refractivity contribution in [1.82, 2.24) is 0 Å². The van der Waals surface area contributed by atoms with Gasteiger partial charge in [-0.3, -0.25) is 0 Å². The first-order valence-corrected chi connectivity index (χ1v) is 3.62. The number of aliphatic hydroxyl groups is 1. The van der Waals surface area contributed by atoms with Crippen LogP contribution in [0.15, 0.2) is 0 Å². The van der Waals surface area contributed by atoms with E-state index in [0.717, 1.165) is 19.3 Å². The average Bonchev–Trinajstić information content (AvgIpc) is 1.78. The molecule has 0 bridgehead atoms. The maximum absolute atomic E-state index is 9.09. The van der Waals surface area contributed by atoms with Crippen LogP contribution in [0.2, 0.25) is 0 Å². The number of rotatable bonds is 0. The van der Waals surface area contributed by atoms with Gasteiger partial charge in [-0.15, -0.1) is 0 Å². The van der Waals surface area contributed by atoms with Crippen molar-refractivity contribution in [2.45, 2.75) is 39.2 Å². The van der Waals surface area contributed by atoms with E-state index in [0.29, 0.717) is 5.41 Å². The van der Waals surface area contributed by atoms with E-state index in [4.69, 9.17) is 5.11 Å². The summed E-state index contributed by atoms with van der Waals surface area (Å²) in [5.41, 5.74) is 0.444. The molecule has 0 aliphatic heterocycles. The standard InChI is InChI=1S/C8H15O/c1-8(2)5-3-7(9)4-6-8/h3,7,9H,4-6H2,1-2H3. The molecule has 1 saturated carbocycles. The van der Waals surface area contributed by atoms with E-state index in [1.54, 1.807) is 0 Å². The second-order valence-electron chi connectivity index (χ2n) is 3.71. The minimum Gasteiger partial charge on any atom is -0.393 e. The third kappa shape index (κ3) is 1.98. The highest BCUT2D eigenvalue weighted by Crippen LogP contribution is 2.34. The largest absolute Gasteiger partial charge is 0.393 e. The predicted octanol–water partition coefficient (Wildman–Crippen LogP) is 1.76. The molecule has 0 aromatic rings. The molecule has 0 spiro atoms. The molecule has 0 saturated heterocycles. The zero-order valence-electron chi connectivity index (χ0n) is 6.22. The third-order valence-electron chi connectivity index (χ3n) is 2.06. The van der Waals surface area contributed by atoms with Gasteiger partial charge < -0.3 is 5.11 Å². The first kappa shape index (κ1) is 7.07. The van der Waals surface area contributed by atoms with Crippen molar-refractivity contribution in [2.24, 2.45) is 5.41 Å². The minimum absolute atomic E-state index is 0.127. The summed E-state index contributed by atoms with van der Waals surface area (Å²) >= 11 is 0. The maximum Gasteiger partial charge on any atom is 0.0572 e. The number of hydrogen-bond acceptors (Lipinski definition) is 1. The zero-order chi connectivity index (χ0) is 6.91. The normalized spacial score (nSPS) is 28.3. The summed E-state index contributed by atoms with van der Waals surface area (Å²) in [5, 5.41) is 9.09. The third-order valence-corrected chi connectivity index (χ3v) is 2.06. The molecule has 1 heteroatoms. The van der Waals surface area contributed by atoms with Gasteiger partial charge in [0.1, 0.15) is 0 Å². The molecule has 1 unspecified atom stereocenters. The van der Waals surface area contributed by atoms with Gasteiger partial charge >= 0.3 is 0 Å². The van der Waals surface area contributed by atoms with Gasteiger partial charge in [-0.2, -0.15) is 0 Å². The average molecular weight is 127 g/mol.